The summed E-state index contributed by atoms with van der Waals surface area (Å²) >= 11 is 0. The van der Waals surface area contributed by atoms with Gasteiger partial charge < -0.3 is 0 Å². The summed E-state index contributed by atoms with van der Waals surface area (Å²) in [6.07, 6.45) is 1.25. The first-order chi connectivity index (χ1) is 11.7. The number of alkyl halides is 3. The first-order valence-corrected chi connectivity index (χ1v) is 8.53. The van der Waals surface area contributed by atoms with Crippen LogP contribution < -0.4 is 0 Å². The molecule has 2 rings (SSSR count). The molecule has 5 heteroatoms. The van der Waals surface area contributed by atoms with E-state index in [0.29, 0.717) is 18.1 Å². The summed E-state index contributed by atoms with van der Waals surface area (Å²) < 4.78 is 51.9. The summed E-state index contributed by atoms with van der Waals surface area (Å²) in [6.45, 7) is 7.96. The van der Waals surface area contributed by atoms with E-state index in [1.165, 1.54) is 11.6 Å². The smallest absolute Gasteiger partial charge is 0.265 e. The van der Waals surface area contributed by atoms with E-state index in [2.05, 4.69) is 18.5 Å². The second-order valence-corrected chi connectivity index (χ2v) is 6.43. The van der Waals surface area contributed by atoms with Crippen LogP contribution >= 0.6 is 0 Å². The van der Waals surface area contributed by atoms with Gasteiger partial charge in [0.05, 0.1) is 5.56 Å². The molecule has 1 aromatic carbocycles. The Bertz CT molecular complexity index is 698. The molecular formula is C20H23F4N. The third kappa shape index (κ3) is 4.80. The number of hydrogen-bond acceptors (Lipinski definition) is 1. The zero-order chi connectivity index (χ0) is 18.6. The molecule has 1 aromatic rings. The van der Waals surface area contributed by atoms with Crippen molar-refractivity contribution in [3.8, 4) is 0 Å². The number of hydrogen-bond donors (Lipinski definition) is 0. The molecule has 0 radical (unpaired) electrons. The van der Waals surface area contributed by atoms with Gasteiger partial charge in [-0.2, -0.15) is 13.2 Å². The average Bonchev–Trinajstić information content (AvgIpc) is 2.54. The standard InChI is InChI=1S/C20H23F4N/c1-4-16-14(3)10-11-25-19(16)7-5-6-13(2)17-9-8-15(12-18(17)21)20(22,23)24/h8-9,11-13H,3-7,10H2,1-2H3. The summed E-state index contributed by atoms with van der Waals surface area (Å²) in [4.78, 5) is 4.45. The molecule has 1 heterocycles. The molecule has 1 aliphatic heterocycles. The van der Waals surface area contributed by atoms with Gasteiger partial charge in [-0.1, -0.05) is 26.5 Å². The van der Waals surface area contributed by atoms with E-state index in [4.69, 9.17) is 0 Å². The fourth-order valence-corrected chi connectivity index (χ4v) is 3.18. The van der Waals surface area contributed by atoms with E-state index < -0.39 is 17.6 Å². The van der Waals surface area contributed by atoms with Crippen LogP contribution in [0.5, 0.6) is 0 Å². The Morgan fingerprint density at radius 1 is 1.28 bits per heavy atom. The van der Waals surface area contributed by atoms with E-state index in [-0.39, 0.29) is 5.92 Å². The first-order valence-electron chi connectivity index (χ1n) is 8.53. The largest absolute Gasteiger partial charge is 0.416 e. The molecule has 0 saturated heterocycles. The fraction of sp³-hybridized carbons (Fsp3) is 0.450. The van der Waals surface area contributed by atoms with Crippen LogP contribution in [0.2, 0.25) is 0 Å². The lowest BCUT2D eigenvalue weighted by atomic mass is 9.91. The number of aliphatic imine (C=N–C) groups is 1. The van der Waals surface area contributed by atoms with Gasteiger partial charge in [-0.05, 0) is 60.4 Å². The summed E-state index contributed by atoms with van der Waals surface area (Å²) in [5.74, 6) is -0.941. The van der Waals surface area contributed by atoms with Crippen molar-refractivity contribution in [3.63, 3.8) is 0 Å². The molecule has 0 bridgehead atoms. The van der Waals surface area contributed by atoms with Crippen LogP contribution in [0.3, 0.4) is 0 Å². The fourth-order valence-electron chi connectivity index (χ4n) is 3.18. The van der Waals surface area contributed by atoms with Gasteiger partial charge in [0, 0.05) is 18.3 Å². The lowest BCUT2D eigenvalue weighted by Crippen LogP contribution is -2.07. The number of allylic oxidation sites excluding steroid dienone is 3. The Morgan fingerprint density at radius 3 is 2.60 bits per heavy atom. The predicted molar refractivity (Wildman–Crippen MR) is 93.2 cm³/mol. The van der Waals surface area contributed by atoms with Crippen LogP contribution in [0.25, 0.3) is 0 Å². The lowest BCUT2D eigenvalue weighted by Gasteiger charge is -2.18. The van der Waals surface area contributed by atoms with Crippen LogP contribution in [-0.4, -0.2) is 6.21 Å². The zero-order valence-electron chi connectivity index (χ0n) is 14.6. The summed E-state index contributed by atoms with van der Waals surface area (Å²) in [5, 5.41) is 0. The minimum absolute atomic E-state index is 0.149. The highest BCUT2D eigenvalue weighted by atomic mass is 19.4. The van der Waals surface area contributed by atoms with Crippen LogP contribution in [-0.2, 0) is 6.18 Å². The molecule has 1 atom stereocenters. The van der Waals surface area contributed by atoms with Crippen LogP contribution in [0.1, 0.15) is 63.0 Å². The van der Waals surface area contributed by atoms with Crippen LogP contribution in [0.4, 0.5) is 17.6 Å². The van der Waals surface area contributed by atoms with E-state index >= 15 is 0 Å². The number of halogens is 4. The minimum atomic E-state index is -4.52. The monoisotopic (exact) mass is 353 g/mol. The zero-order valence-corrected chi connectivity index (χ0v) is 14.6. The molecule has 0 amide bonds. The topological polar surface area (TPSA) is 12.4 Å². The van der Waals surface area contributed by atoms with Crippen molar-refractivity contribution < 1.29 is 17.6 Å². The first kappa shape index (κ1) is 19.4. The second kappa shape index (κ2) is 7.98. The second-order valence-electron chi connectivity index (χ2n) is 6.43. The molecule has 1 unspecified atom stereocenters. The normalized spacial score (nSPS) is 16.5. The molecule has 0 aromatic heterocycles. The van der Waals surface area contributed by atoms with Crippen molar-refractivity contribution in [2.45, 2.75) is 58.0 Å². The third-order valence-corrected chi connectivity index (χ3v) is 4.62. The van der Waals surface area contributed by atoms with Crippen LogP contribution in [0, 0.1) is 5.82 Å². The Labute approximate surface area is 146 Å². The number of benzene rings is 1. The van der Waals surface area contributed by atoms with E-state index in [0.717, 1.165) is 43.0 Å². The molecule has 136 valence electrons. The van der Waals surface area contributed by atoms with Crippen molar-refractivity contribution in [2.75, 3.05) is 0 Å². The molecule has 0 spiro atoms. The lowest BCUT2D eigenvalue weighted by molar-refractivity contribution is -0.137. The van der Waals surface area contributed by atoms with Gasteiger partial charge in [-0.15, -0.1) is 0 Å². The van der Waals surface area contributed by atoms with Gasteiger partial charge in [-0.25, -0.2) is 4.39 Å². The Balaban J connectivity index is 2.00. The minimum Gasteiger partial charge on any atom is -0.265 e. The quantitative estimate of drug-likeness (QED) is 0.498. The maximum absolute atomic E-state index is 14.0. The average molecular weight is 353 g/mol. The van der Waals surface area contributed by atoms with Crippen molar-refractivity contribution in [2.24, 2.45) is 4.99 Å². The Kier molecular flexibility index (Phi) is 6.20. The van der Waals surface area contributed by atoms with Crippen molar-refractivity contribution in [3.05, 3.63) is 58.6 Å². The van der Waals surface area contributed by atoms with Gasteiger partial charge in [0.1, 0.15) is 5.82 Å². The van der Waals surface area contributed by atoms with E-state index in [9.17, 15) is 17.6 Å². The molecule has 0 saturated carbocycles. The Hall–Kier alpha value is -1.91. The molecule has 1 nitrogen and oxygen atoms in total. The SMILES string of the molecule is C=C1CC=NC(CCCC(C)c2ccc(C(F)(F)F)cc2F)=C1CC. The van der Waals surface area contributed by atoms with Gasteiger partial charge in [0.25, 0.3) is 0 Å². The Morgan fingerprint density at radius 2 is 2.00 bits per heavy atom. The van der Waals surface area contributed by atoms with Gasteiger partial charge in [0.15, 0.2) is 0 Å². The highest BCUT2D eigenvalue weighted by molar-refractivity contribution is 5.68. The van der Waals surface area contributed by atoms with Gasteiger partial charge >= 0.3 is 6.18 Å². The predicted octanol–water partition coefficient (Wildman–Crippen LogP) is 6.81. The molecular weight excluding hydrogens is 330 g/mol. The summed E-state index contributed by atoms with van der Waals surface area (Å²) in [5.41, 5.74) is 2.69. The molecule has 1 aliphatic rings. The number of nitrogens with zero attached hydrogens (tertiary/aromatic N) is 1. The maximum Gasteiger partial charge on any atom is 0.416 e. The number of rotatable bonds is 6. The van der Waals surface area contributed by atoms with Crippen molar-refractivity contribution >= 4 is 6.21 Å². The van der Waals surface area contributed by atoms with Gasteiger partial charge in [0.2, 0.25) is 0 Å². The van der Waals surface area contributed by atoms with Gasteiger partial charge in [-0.3, -0.25) is 4.99 Å². The van der Waals surface area contributed by atoms with E-state index in [1.807, 2.05) is 13.1 Å². The molecule has 0 aliphatic carbocycles. The van der Waals surface area contributed by atoms with Crippen molar-refractivity contribution in [1.82, 2.24) is 0 Å². The molecule has 0 N–H and O–H groups in total. The summed E-state index contributed by atoms with van der Waals surface area (Å²) in [7, 11) is 0. The van der Waals surface area contributed by atoms with Crippen molar-refractivity contribution in [1.29, 1.82) is 0 Å². The maximum atomic E-state index is 14.0. The van der Waals surface area contributed by atoms with Crippen LogP contribution in [0.15, 0.2) is 46.6 Å². The highest BCUT2D eigenvalue weighted by Gasteiger charge is 2.31. The third-order valence-electron chi connectivity index (χ3n) is 4.62. The highest BCUT2D eigenvalue weighted by Crippen LogP contribution is 2.33. The summed E-state index contributed by atoms with van der Waals surface area (Å²) in [6, 6.07) is 2.78. The molecule has 25 heavy (non-hydrogen) atoms. The van der Waals surface area contributed by atoms with E-state index in [1.54, 1.807) is 0 Å². The molecule has 0 fully saturated rings.